The van der Waals surface area contributed by atoms with Gasteiger partial charge in [0.15, 0.2) is 0 Å². The Kier molecular flexibility index (Phi) is 7.34. The Hall–Kier alpha value is -3.16. The smallest absolute Gasteiger partial charge is 0.261 e. The van der Waals surface area contributed by atoms with Gasteiger partial charge in [-0.25, -0.2) is 8.42 Å². The summed E-state index contributed by atoms with van der Waals surface area (Å²) in [5.41, 5.74) is 4.43. The largest absolute Gasteiger partial charge is 0.337 e. The molecular formula is C27H31N3O3S. The third kappa shape index (κ3) is 5.85. The van der Waals surface area contributed by atoms with Gasteiger partial charge >= 0.3 is 0 Å². The average molecular weight is 478 g/mol. The molecule has 178 valence electrons. The molecule has 0 aliphatic carbocycles. The predicted octanol–water partition coefficient (Wildman–Crippen LogP) is 4.45. The average Bonchev–Trinajstić information content (AvgIpc) is 3.05. The molecule has 1 saturated heterocycles. The molecule has 3 aromatic carbocycles. The van der Waals surface area contributed by atoms with Crippen LogP contribution in [0, 0.1) is 13.8 Å². The van der Waals surface area contributed by atoms with E-state index < -0.39 is 10.0 Å². The van der Waals surface area contributed by atoms with E-state index in [0.29, 0.717) is 24.3 Å². The van der Waals surface area contributed by atoms with Crippen molar-refractivity contribution in [2.24, 2.45) is 0 Å². The number of hydrogen-bond acceptors (Lipinski definition) is 4. The van der Waals surface area contributed by atoms with Gasteiger partial charge in [-0.05, 0) is 67.3 Å². The van der Waals surface area contributed by atoms with E-state index in [0.717, 1.165) is 31.6 Å². The van der Waals surface area contributed by atoms with Crippen molar-refractivity contribution < 1.29 is 13.2 Å². The lowest BCUT2D eigenvalue weighted by Gasteiger charge is -2.23. The number of amides is 1. The molecule has 1 amide bonds. The van der Waals surface area contributed by atoms with Crippen LogP contribution in [-0.2, 0) is 16.6 Å². The van der Waals surface area contributed by atoms with Crippen LogP contribution in [0.3, 0.4) is 0 Å². The molecule has 0 aromatic heterocycles. The van der Waals surface area contributed by atoms with E-state index in [-0.39, 0.29) is 10.8 Å². The Morgan fingerprint density at radius 1 is 0.882 bits per heavy atom. The first-order valence-corrected chi connectivity index (χ1v) is 13.1. The van der Waals surface area contributed by atoms with Crippen LogP contribution in [0.4, 0.5) is 5.69 Å². The molecule has 0 unspecified atom stereocenters. The van der Waals surface area contributed by atoms with Crippen LogP contribution in [0.15, 0.2) is 77.7 Å². The molecule has 1 N–H and O–H groups in total. The topological polar surface area (TPSA) is 69.7 Å². The number of sulfonamides is 1. The monoisotopic (exact) mass is 477 g/mol. The highest BCUT2D eigenvalue weighted by atomic mass is 32.2. The number of carbonyl (C=O) groups is 1. The van der Waals surface area contributed by atoms with Gasteiger partial charge in [0.1, 0.15) is 0 Å². The molecule has 0 atom stereocenters. The lowest BCUT2D eigenvalue weighted by molar-refractivity contribution is 0.0761. The minimum atomic E-state index is -3.80. The van der Waals surface area contributed by atoms with Gasteiger partial charge < -0.3 is 4.90 Å². The fraction of sp³-hybridized carbons (Fsp3) is 0.296. The normalized spacial score (nSPS) is 15.1. The molecule has 0 bridgehead atoms. The molecule has 1 fully saturated rings. The van der Waals surface area contributed by atoms with Crippen LogP contribution in [0.5, 0.6) is 0 Å². The van der Waals surface area contributed by atoms with Gasteiger partial charge in [0, 0.05) is 44.0 Å². The molecular weight excluding hydrogens is 446 g/mol. The van der Waals surface area contributed by atoms with E-state index in [4.69, 9.17) is 0 Å². The minimum Gasteiger partial charge on any atom is -0.337 e. The summed E-state index contributed by atoms with van der Waals surface area (Å²) in [6, 6.07) is 21.9. The zero-order chi connectivity index (χ0) is 24.1. The van der Waals surface area contributed by atoms with Crippen molar-refractivity contribution in [3.05, 3.63) is 95.1 Å². The van der Waals surface area contributed by atoms with Gasteiger partial charge in [0.05, 0.1) is 4.90 Å². The Morgan fingerprint density at radius 2 is 1.68 bits per heavy atom. The summed E-state index contributed by atoms with van der Waals surface area (Å²) in [5, 5.41) is 0. The van der Waals surface area contributed by atoms with Crippen molar-refractivity contribution in [2.75, 3.05) is 30.9 Å². The van der Waals surface area contributed by atoms with Crippen molar-refractivity contribution in [2.45, 2.75) is 31.7 Å². The lowest BCUT2D eigenvalue weighted by atomic mass is 10.1. The number of aryl methyl sites for hydroxylation is 2. The van der Waals surface area contributed by atoms with Crippen LogP contribution in [-0.4, -0.2) is 50.3 Å². The number of anilines is 1. The molecule has 6 nitrogen and oxygen atoms in total. The third-order valence-corrected chi connectivity index (χ3v) is 7.57. The van der Waals surface area contributed by atoms with Crippen LogP contribution >= 0.6 is 0 Å². The number of rotatable bonds is 6. The van der Waals surface area contributed by atoms with Gasteiger partial charge in [-0.2, -0.15) is 0 Å². The van der Waals surface area contributed by atoms with Crippen molar-refractivity contribution in [3.63, 3.8) is 0 Å². The molecule has 0 spiro atoms. The van der Waals surface area contributed by atoms with E-state index in [1.807, 2.05) is 24.0 Å². The Balaban J connectivity index is 1.44. The van der Waals surface area contributed by atoms with Crippen LogP contribution in [0.1, 0.15) is 33.5 Å². The summed E-state index contributed by atoms with van der Waals surface area (Å²) >= 11 is 0. The summed E-state index contributed by atoms with van der Waals surface area (Å²) < 4.78 is 28.4. The second-order valence-electron chi connectivity index (χ2n) is 8.85. The number of benzene rings is 3. The van der Waals surface area contributed by atoms with Gasteiger partial charge in [-0.3, -0.25) is 14.4 Å². The Morgan fingerprint density at radius 3 is 2.47 bits per heavy atom. The van der Waals surface area contributed by atoms with E-state index in [9.17, 15) is 13.2 Å². The number of hydrogen-bond donors (Lipinski definition) is 1. The number of carbonyl (C=O) groups excluding carboxylic acids is 1. The van der Waals surface area contributed by atoms with Crippen LogP contribution < -0.4 is 4.72 Å². The number of nitrogens with zero attached hydrogens (tertiary/aromatic N) is 2. The third-order valence-electron chi connectivity index (χ3n) is 6.19. The first-order valence-electron chi connectivity index (χ1n) is 11.6. The van der Waals surface area contributed by atoms with Gasteiger partial charge in [0.25, 0.3) is 15.9 Å². The van der Waals surface area contributed by atoms with E-state index in [1.165, 1.54) is 23.3 Å². The first kappa shape index (κ1) is 24.0. The Bertz CT molecular complexity index is 1270. The van der Waals surface area contributed by atoms with Crippen LogP contribution in [0.2, 0.25) is 0 Å². The maximum Gasteiger partial charge on any atom is 0.261 e. The van der Waals surface area contributed by atoms with Crippen molar-refractivity contribution in [3.8, 4) is 0 Å². The highest BCUT2D eigenvalue weighted by Gasteiger charge is 2.23. The summed E-state index contributed by atoms with van der Waals surface area (Å²) in [6.45, 7) is 7.87. The molecule has 1 heterocycles. The fourth-order valence-corrected chi connectivity index (χ4v) is 5.36. The summed E-state index contributed by atoms with van der Waals surface area (Å²) in [7, 11) is -3.80. The molecule has 3 aromatic rings. The number of nitrogens with one attached hydrogen (secondary N) is 1. The molecule has 1 aliphatic rings. The zero-order valence-electron chi connectivity index (χ0n) is 19.7. The summed E-state index contributed by atoms with van der Waals surface area (Å²) in [5.74, 6) is -0.134. The maximum atomic E-state index is 13.2. The zero-order valence-corrected chi connectivity index (χ0v) is 20.5. The highest BCUT2D eigenvalue weighted by molar-refractivity contribution is 7.92. The predicted molar refractivity (Wildman–Crippen MR) is 135 cm³/mol. The van der Waals surface area contributed by atoms with Gasteiger partial charge in [-0.1, -0.05) is 42.5 Å². The second kappa shape index (κ2) is 10.4. The first-order chi connectivity index (χ1) is 16.3. The molecule has 4 rings (SSSR count). The molecule has 1 aliphatic heterocycles. The van der Waals surface area contributed by atoms with E-state index in [1.54, 1.807) is 30.3 Å². The van der Waals surface area contributed by atoms with Crippen molar-refractivity contribution >= 4 is 21.6 Å². The van der Waals surface area contributed by atoms with Gasteiger partial charge in [0.2, 0.25) is 0 Å². The molecule has 7 heteroatoms. The highest BCUT2D eigenvalue weighted by Crippen LogP contribution is 2.20. The molecule has 0 radical (unpaired) electrons. The van der Waals surface area contributed by atoms with Crippen molar-refractivity contribution in [1.82, 2.24) is 9.80 Å². The fourth-order valence-electron chi connectivity index (χ4n) is 4.26. The molecule has 34 heavy (non-hydrogen) atoms. The standard InChI is InChI=1S/C27H31N3O3S/c1-21-8-5-12-25(18-21)28-34(32,33)26-13-6-11-23(19-26)27(31)30-15-7-14-29(16-17-30)20-24-10-4-3-9-22(24)2/h3-6,8-13,18-19,28H,7,14-17,20H2,1-2H3. The minimum absolute atomic E-state index is 0.0795. The lowest BCUT2D eigenvalue weighted by Crippen LogP contribution is -2.35. The van der Waals surface area contributed by atoms with Crippen molar-refractivity contribution in [1.29, 1.82) is 0 Å². The second-order valence-corrected chi connectivity index (χ2v) is 10.5. The summed E-state index contributed by atoms with van der Waals surface area (Å²) in [4.78, 5) is 17.5. The quantitative estimate of drug-likeness (QED) is 0.569. The SMILES string of the molecule is Cc1cccc(NS(=O)(=O)c2cccc(C(=O)N3CCCN(Cc4ccccc4C)CC3)c2)c1. The van der Waals surface area contributed by atoms with Gasteiger partial charge in [-0.15, -0.1) is 0 Å². The Labute approximate surface area is 202 Å². The maximum absolute atomic E-state index is 13.2. The van der Waals surface area contributed by atoms with E-state index in [2.05, 4.69) is 34.7 Å². The summed E-state index contributed by atoms with van der Waals surface area (Å²) in [6.07, 6.45) is 0.879. The van der Waals surface area contributed by atoms with Crippen LogP contribution in [0.25, 0.3) is 0 Å². The molecule has 0 saturated carbocycles. The van der Waals surface area contributed by atoms with E-state index >= 15 is 0 Å².